The third kappa shape index (κ3) is 15.5. The number of hydrogen-bond donors (Lipinski definition) is 6. The molecule has 10 bridgehead atoms. The number of benzene rings is 1. The number of aryl methyl sites for hydroxylation is 1. The van der Waals surface area contributed by atoms with Crippen LogP contribution in [-0.4, -0.2) is 120 Å². The molecule has 29 heteroatoms. The van der Waals surface area contributed by atoms with Gasteiger partial charge in [0.2, 0.25) is 17.7 Å². The summed E-state index contributed by atoms with van der Waals surface area (Å²) in [5.41, 5.74) is 3.45. The molecule has 1 aliphatic heterocycles. The van der Waals surface area contributed by atoms with E-state index < -0.39 is 71.9 Å². The molecule has 1 unspecified atom stereocenters. The smallest absolute Gasteiger partial charge is 0.306 e. The number of carbonyl (C=O) groups excluding carboxylic acids is 6. The van der Waals surface area contributed by atoms with Gasteiger partial charge in [-0.1, -0.05) is 51.1 Å². The van der Waals surface area contributed by atoms with Crippen molar-refractivity contribution in [3.8, 4) is 43.4 Å². The molecule has 1 saturated carbocycles. The summed E-state index contributed by atoms with van der Waals surface area (Å²) in [5.74, 6) is -5.92. The Hall–Kier alpha value is -7.93. The summed E-state index contributed by atoms with van der Waals surface area (Å²) < 4.78 is 5.51. The van der Waals surface area contributed by atoms with Crippen molar-refractivity contribution in [2.45, 2.75) is 116 Å². The van der Waals surface area contributed by atoms with Crippen molar-refractivity contribution >= 4 is 121 Å². The molecule has 1 aromatic carbocycles. The second-order valence-corrected chi connectivity index (χ2v) is 28.3. The van der Waals surface area contributed by atoms with Crippen molar-refractivity contribution in [3.63, 3.8) is 0 Å². The van der Waals surface area contributed by atoms with Crippen LogP contribution in [0.5, 0.6) is 0 Å². The largest absolute Gasteiger partial charge is 0.481 e. The molecule has 0 spiro atoms. The van der Waals surface area contributed by atoms with E-state index >= 15 is 0 Å². The fraction of sp³-hybridized carbons (Fsp3) is 0.403. The summed E-state index contributed by atoms with van der Waals surface area (Å²) >= 11 is 7.52. The molecule has 0 radical (unpaired) electrons. The number of fused-ring (bicyclic) bond motifs is 14. The number of unbranched alkanes of at least 4 members (excludes halogenated alkanes) is 1. The average molecular weight is 1350 g/mol. The molecule has 8 heterocycles. The Morgan fingerprint density at radius 1 is 0.703 bits per heavy atom. The lowest BCUT2D eigenvalue weighted by molar-refractivity contribution is -0.144. The van der Waals surface area contributed by atoms with Gasteiger partial charge in [0.25, 0.3) is 11.8 Å². The van der Waals surface area contributed by atoms with Crippen molar-refractivity contribution in [2.24, 2.45) is 17.8 Å². The van der Waals surface area contributed by atoms with Gasteiger partial charge in [-0.15, -0.1) is 68.0 Å². The highest BCUT2D eigenvalue weighted by atomic mass is 32.1. The lowest BCUT2D eigenvalue weighted by atomic mass is 9.81. The number of nitrogens with one attached hydrogen (secondary N) is 4. The van der Waals surface area contributed by atoms with Crippen molar-refractivity contribution in [1.82, 2.24) is 56.2 Å². The Morgan fingerprint density at radius 3 is 2.12 bits per heavy atom. The second kappa shape index (κ2) is 29.6. The van der Waals surface area contributed by atoms with E-state index in [4.69, 9.17) is 39.6 Å². The molecule has 10 rings (SSSR count). The number of hydrogen-bond acceptors (Lipinski definition) is 22. The Balaban J connectivity index is 1.04. The zero-order valence-corrected chi connectivity index (χ0v) is 55.4. The highest BCUT2D eigenvalue weighted by Crippen LogP contribution is 2.42. The quantitative estimate of drug-likeness (QED) is 0.0490. The molecule has 1 fully saturated rings. The van der Waals surface area contributed by atoms with E-state index in [9.17, 15) is 48.6 Å². The van der Waals surface area contributed by atoms with Gasteiger partial charge in [-0.2, -0.15) is 0 Å². The lowest BCUT2D eigenvalue weighted by Crippen LogP contribution is -2.40. The molecular weight excluding hydrogens is 1280 g/mol. The minimum absolute atomic E-state index is 0.0277. The number of Topliss-reactive ketones (excluding diaryl/α,β-unsaturated/α-hetero) is 1. The van der Waals surface area contributed by atoms with Crippen LogP contribution in [0.1, 0.15) is 164 Å². The van der Waals surface area contributed by atoms with E-state index in [1.54, 1.807) is 34.7 Å². The number of ether oxygens (including phenoxy) is 1. The molecule has 0 saturated heterocycles. The Kier molecular flexibility index (Phi) is 21.4. The van der Waals surface area contributed by atoms with E-state index in [0.717, 1.165) is 5.56 Å². The van der Waals surface area contributed by atoms with E-state index in [2.05, 4.69) is 21.3 Å². The minimum atomic E-state index is -0.974. The van der Waals surface area contributed by atoms with Crippen molar-refractivity contribution in [2.75, 3.05) is 32.1 Å². The number of anilines is 1. The van der Waals surface area contributed by atoms with Gasteiger partial charge in [-0.3, -0.25) is 43.3 Å². The van der Waals surface area contributed by atoms with Gasteiger partial charge in [-0.25, -0.2) is 34.9 Å². The molecule has 91 heavy (non-hydrogen) atoms. The fourth-order valence-corrected chi connectivity index (χ4v) is 16.6. The van der Waals surface area contributed by atoms with Crippen LogP contribution in [0, 0.1) is 24.7 Å². The number of ketones is 1. The first kappa shape index (κ1) is 66.0. The minimum Gasteiger partial charge on any atom is -0.481 e. The Bertz CT molecular complexity index is 3990. The Labute approximate surface area is 547 Å². The summed E-state index contributed by atoms with van der Waals surface area (Å²) in [6.07, 6.45) is 1.92. The number of carboxylic acid groups (broad SMARTS) is 2. The van der Waals surface area contributed by atoms with Crippen LogP contribution in [0.2, 0.25) is 0 Å². The molecule has 4 atom stereocenters. The van der Waals surface area contributed by atoms with Gasteiger partial charge in [-0.05, 0) is 69.1 Å². The van der Waals surface area contributed by atoms with Crippen LogP contribution >= 0.6 is 68.0 Å². The molecule has 7 aromatic heterocycles. The Morgan fingerprint density at radius 2 is 1.40 bits per heavy atom. The highest BCUT2D eigenvalue weighted by molar-refractivity contribution is 7.15. The van der Waals surface area contributed by atoms with Gasteiger partial charge in [0.1, 0.15) is 65.0 Å². The van der Waals surface area contributed by atoms with Gasteiger partial charge < -0.3 is 36.2 Å². The van der Waals surface area contributed by atoms with Crippen molar-refractivity contribution in [1.29, 1.82) is 0 Å². The third-order valence-corrected chi connectivity index (χ3v) is 21.7. The van der Waals surface area contributed by atoms with E-state index in [1.807, 2.05) is 61.9 Å². The number of nitrogens with zero attached hydrogens (tertiary/aromatic N) is 8. The maximum atomic E-state index is 14.5. The summed E-state index contributed by atoms with van der Waals surface area (Å²) in [4.78, 5) is 145. The first-order valence-corrected chi connectivity index (χ1v) is 34.7. The summed E-state index contributed by atoms with van der Waals surface area (Å²) in [6, 6.07) is 11.6. The van der Waals surface area contributed by atoms with E-state index in [-0.39, 0.29) is 73.0 Å². The van der Waals surface area contributed by atoms with Crippen LogP contribution in [0.4, 0.5) is 5.82 Å². The fourth-order valence-electron chi connectivity index (χ4n) is 10.9. The molecule has 476 valence electrons. The van der Waals surface area contributed by atoms with Crippen LogP contribution in [0.25, 0.3) is 43.4 Å². The summed E-state index contributed by atoms with van der Waals surface area (Å²) in [5, 5.41) is 40.4. The number of carboxylic acids is 2. The lowest BCUT2D eigenvalue weighted by Gasteiger charge is -2.30. The van der Waals surface area contributed by atoms with Crippen LogP contribution in [-0.2, 0) is 35.3 Å². The van der Waals surface area contributed by atoms with Gasteiger partial charge in [0.15, 0.2) is 5.78 Å². The van der Waals surface area contributed by atoms with Crippen molar-refractivity contribution < 1.29 is 53.3 Å². The predicted molar refractivity (Wildman–Crippen MR) is 349 cm³/mol. The first-order chi connectivity index (χ1) is 43.8. The molecular formula is C62H66N12O11S6. The standard InChI is InChI=1S/C62H66N12O11S6/c1-30(2)37-22-43(75)50-32(4)90-59(72-50)39(23-46(76)63-5)66-53(80)41-27-86-55(68-41)36-19-20-38(57-70-45(29-89-57)74(21-11-10-14-48(78)79)61(82)34-15-17-35(18-16-34)62(83)84)65-51(36)40-26-87-58(67-40)42-28-88-60(69-42)49(31(3)33-12-8-7-9-13-33)71-47(77)24-64-54(81)52-44(25-85-6)91-56(37)73-52/h7-9,12-13,19-20,26-31,34-35,37,39,49H,10-11,14-18,21-25H2,1-6H3,(H,63,76)(H,64,81)(H,66,80)(H,71,77)(H,78,79)(H,83,84)/t31-,34?,35?,37?,39-,49-/m0/s1. The van der Waals surface area contributed by atoms with Gasteiger partial charge in [0.05, 0.1) is 53.2 Å². The predicted octanol–water partition coefficient (Wildman–Crippen LogP) is 10.7. The number of aromatic nitrogens is 7. The number of carbonyl (C=O) groups is 8. The topological polar surface area (TPSA) is 328 Å². The normalized spacial score (nSPS) is 18.6. The van der Waals surface area contributed by atoms with E-state index in [0.29, 0.717) is 112 Å². The van der Waals surface area contributed by atoms with Crippen molar-refractivity contribution in [3.05, 3.63) is 111 Å². The summed E-state index contributed by atoms with van der Waals surface area (Å²) in [6.45, 7) is 7.49. The third-order valence-electron chi connectivity index (χ3n) is 16.0. The first-order valence-electron chi connectivity index (χ1n) is 29.5. The number of pyridine rings is 1. The molecule has 5 amide bonds. The molecule has 8 aromatic rings. The number of rotatable bonds is 16. The number of methoxy groups -OCH3 is 1. The SMILES string of the molecule is CNC(=O)C[C@@H]1NC(=O)c2csc(n2)-c2ccc(-c3nc(N(CCCCC(=O)O)C(=O)C4CCC(C(=O)O)CC4)cs3)nc2-c2csc(n2)-c2csc(n2)[C@H]([C@@H](C)c2ccccc2)NC(=O)CNC(=O)c2nc(sc2COC)C(C(C)C)CC(=O)c2nc1sc2C. The maximum Gasteiger partial charge on any atom is 0.306 e. The maximum absolute atomic E-state index is 14.5. The van der Waals surface area contributed by atoms with Gasteiger partial charge >= 0.3 is 11.9 Å². The molecule has 6 N–H and O–H groups in total. The average Bonchev–Trinajstić information content (AvgIpc) is 1.87. The molecule has 23 nitrogen and oxygen atoms in total. The monoisotopic (exact) mass is 1350 g/mol. The van der Waals surface area contributed by atoms with E-state index in [1.165, 1.54) is 82.2 Å². The molecule has 1 aliphatic carbocycles. The number of thiazole rings is 6. The second-order valence-electron chi connectivity index (χ2n) is 22.5. The highest BCUT2D eigenvalue weighted by Gasteiger charge is 2.36. The molecule has 2 aliphatic rings. The van der Waals surface area contributed by atoms with Crippen LogP contribution in [0.3, 0.4) is 0 Å². The van der Waals surface area contributed by atoms with Crippen LogP contribution in [0.15, 0.2) is 64.0 Å². The zero-order chi connectivity index (χ0) is 64.6. The van der Waals surface area contributed by atoms with Gasteiger partial charge in [0, 0.05) is 83.3 Å². The summed E-state index contributed by atoms with van der Waals surface area (Å²) in [7, 11) is 2.98. The number of aliphatic carboxylic acids is 2. The zero-order valence-electron chi connectivity index (χ0n) is 50.5. The number of amides is 5. The van der Waals surface area contributed by atoms with Crippen LogP contribution < -0.4 is 26.2 Å².